The summed E-state index contributed by atoms with van der Waals surface area (Å²) in [5, 5.41) is 8.74. The van der Waals surface area contributed by atoms with Crippen molar-refractivity contribution in [2.45, 2.75) is 45.7 Å². The van der Waals surface area contributed by atoms with E-state index < -0.39 is 10.0 Å². The van der Waals surface area contributed by atoms with Gasteiger partial charge >= 0.3 is 0 Å². The lowest BCUT2D eigenvalue weighted by Crippen LogP contribution is -2.48. The van der Waals surface area contributed by atoms with Crippen LogP contribution in [0.25, 0.3) is 0 Å². The van der Waals surface area contributed by atoms with Gasteiger partial charge in [-0.3, -0.25) is 14.3 Å². The second-order valence-corrected chi connectivity index (χ2v) is 8.79. The number of nitrogens with zero attached hydrogens (tertiary/aromatic N) is 6. The van der Waals surface area contributed by atoms with Crippen LogP contribution in [0.4, 0.5) is 0 Å². The molecule has 0 radical (unpaired) electrons. The summed E-state index contributed by atoms with van der Waals surface area (Å²) in [5.41, 5.74) is 4.02. The minimum atomic E-state index is -3.48. The topological polar surface area (TPSA) is 76.3 Å². The van der Waals surface area contributed by atoms with Crippen LogP contribution in [0.5, 0.6) is 0 Å². The average molecular weight is 381 g/mol. The summed E-state index contributed by atoms with van der Waals surface area (Å²) >= 11 is 0. The number of sulfonamides is 1. The maximum Gasteiger partial charge on any atom is 0.246 e. The number of hydrogen-bond donors (Lipinski definition) is 0. The fourth-order valence-corrected chi connectivity index (χ4v) is 5.04. The van der Waals surface area contributed by atoms with Crippen molar-refractivity contribution in [3.8, 4) is 0 Å². The molecule has 26 heavy (non-hydrogen) atoms. The zero-order valence-electron chi connectivity index (χ0n) is 16.2. The van der Waals surface area contributed by atoms with Gasteiger partial charge in [-0.25, -0.2) is 8.42 Å². The van der Waals surface area contributed by atoms with Gasteiger partial charge in [-0.1, -0.05) is 0 Å². The van der Waals surface area contributed by atoms with Crippen molar-refractivity contribution in [2.24, 2.45) is 7.05 Å². The van der Waals surface area contributed by atoms with Gasteiger partial charge in [0.1, 0.15) is 4.90 Å². The zero-order valence-corrected chi connectivity index (χ0v) is 17.0. The van der Waals surface area contributed by atoms with E-state index in [0.717, 1.165) is 12.2 Å². The highest BCUT2D eigenvalue weighted by molar-refractivity contribution is 7.89. The number of aromatic nitrogens is 4. The van der Waals surface area contributed by atoms with Crippen LogP contribution in [0.1, 0.15) is 29.6 Å². The fraction of sp³-hybridized carbons (Fsp3) is 0.647. The van der Waals surface area contributed by atoms with Gasteiger partial charge in [0.2, 0.25) is 10.0 Å². The predicted octanol–water partition coefficient (Wildman–Crippen LogP) is 1.07. The van der Waals surface area contributed by atoms with Gasteiger partial charge in [0.25, 0.3) is 0 Å². The minimum absolute atomic E-state index is 0.326. The molecule has 1 aliphatic heterocycles. The van der Waals surface area contributed by atoms with Crippen LogP contribution >= 0.6 is 0 Å². The molecular formula is C17H28N6O2S. The highest BCUT2D eigenvalue weighted by Gasteiger charge is 2.31. The van der Waals surface area contributed by atoms with E-state index in [4.69, 9.17) is 0 Å². The summed E-state index contributed by atoms with van der Waals surface area (Å²) in [5.74, 6) is 0. The Bertz CT molecular complexity index is 891. The predicted molar refractivity (Wildman–Crippen MR) is 99.4 cm³/mol. The third kappa shape index (κ3) is 3.43. The van der Waals surface area contributed by atoms with Crippen LogP contribution in [0.2, 0.25) is 0 Å². The molecule has 9 heteroatoms. The molecule has 2 aromatic rings. The lowest BCUT2D eigenvalue weighted by molar-refractivity contribution is 0.181. The van der Waals surface area contributed by atoms with Crippen molar-refractivity contribution in [1.82, 2.24) is 28.8 Å². The van der Waals surface area contributed by atoms with E-state index in [0.29, 0.717) is 43.3 Å². The first kappa shape index (κ1) is 19.1. The minimum Gasteiger partial charge on any atom is -0.296 e. The molecule has 0 N–H and O–H groups in total. The number of hydrogen-bond acceptors (Lipinski definition) is 5. The first-order chi connectivity index (χ1) is 12.2. The lowest BCUT2D eigenvalue weighted by Gasteiger charge is -2.33. The van der Waals surface area contributed by atoms with Crippen LogP contribution in [0.3, 0.4) is 0 Å². The van der Waals surface area contributed by atoms with E-state index in [1.165, 1.54) is 11.3 Å². The Morgan fingerprint density at radius 3 is 2.19 bits per heavy atom. The van der Waals surface area contributed by atoms with Crippen LogP contribution in [0, 0.1) is 20.8 Å². The summed E-state index contributed by atoms with van der Waals surface area (Å²) < 4.78 is 31.1. The van der Waals surface area contributed by atoms with E-state index in [2.05, 4.69) is 22.0 Å². The van der Waals surface area contributed by atoms with Gasteiger partial charge in [-0.2, -0.15) is 14.5 Å². The highest BCUT2D eigenvalue weighted by atomic mass is 32.2. The fourth-order valence-electron chi connectivity index (χ4n) is 3.45. The molecule has 3 rings (SSSR count). The molecule has 8 nitrogen and oxygen atoms in total. The molecule has 3 heterocycles. The Kier molecular flexibility index (Phi) is 5.23. The van der Waals surface area contributed by atoms with E-state index in [9.17, 15) is 8.42 Å². The summed E-state index contributed by atoms with van der Waals surface area (Å²) in [6.07, 6.45) is 1.64. The molecule has 0 bridgehead atoms. The first-order valence-corrected chi connectivity index (χ1v) is 10.4. The van der Waals surface area contributed by atoms with Gasteiger partial charge in [0.05, 0.1) is 11.4 Å². The Hall–Kier alpha value is -1.71. The number of rotatable bonds is 5. The molecular weight excluding hydrogens is 352 g/mol. The average Bonchev–Trinajstić information content (AvgIpc) is 3.10. The summed E-state index contributed by atoms with van der Waals surface area (Å²) in [6, 6.07) is 0. The van der Waals surface area contributed by atoms with E-state index in [-0.39, 0.29) is 0 Å². The normalized spacial score (nSPS) is 17.1. The van der Waals surface area contributed by atoms with Gasteiger partial charge in [-0.05, 0) is 27.7 Å². The standard InChI is InChI=1S/C17H28N6O2S/c1-6-22-12-17(14(3)19-22)26(24,25)23-9-7-21(8-10-23)11-16-13(2)18-20(5)15(16)4/h12H,6-11H2,1-5H3. The zero-order chi connectivity index (χ0) is 19.1. The van der Waals surface area contributed by atoms with Crippen molar-refractivity contribution in [2.75, 3.05) is 26.2 Å². The molecule has 0 unspecified atom stereocenters. The Morgan fingerprint density at radius 2 is 1.69 bits per heavy atom. The highest BCUT2D eigenvalue weighted by Crippen LogP contribution is 2.22. The third-order valence-corrected chi connectivity index (χ3v) is 7.22. The van der Waals surface area contributed by atoms with Gasteiger partial charge < -0.3 is 0 Å². The molecule has 1 saturated heterocycles. The van der Waals surface area contributed by atoms with E-state index in [1.54, 1.807) is 22.1 Å². The van der Waals surface area contributed by atoms with Crippen molar-refractivity contribution in [3.63, 3.8) is 0 Å². The Morgan fingerprint density at radius 1 is 1.04 bits per heavy atom. The Labute approximate surface area is 155 Å². The summed E-state index contributed by atoms with van der Waals surface area (Å²) in [6.45, 7) is 11.7. The Balaban J connectivity index is 1.68. The van der Waals surface area contributed by atoms with Gasteiger partial charge in [-0.15, -0.1) is 0 Å². The molecule has 2 aromatic heterocycles. The van der Waals surface area contributed by atoms with Crippen LogP contribution < -0.4 is 0 Å². The van der Waals surface area contributed by atoms with Crippen LogP contribution in [0.15, 0.2) is 11.1 Å². The molecule has 0 spiro atoms. The number of piperazine rings is 1. The van der Waals surface area contributed by atoms with Crippen LogP contribution in [-0.4, -0.2) is 63.4 Å². The van der Waals surface area contributed by atoms with Crippen molar-refractivity contribution >= 4 is 10.0 Å². The van der Waals surface area contributed by atoms with Crippen molar-refractivity contribution in [3.05, 3.63) is 28.8 Å². The second kappa shape index (κ2) is 7.13. The van der Waals surface area contributed by atoms with Gasteiger partial charge in [0, 0.05) is 63.8 Å². The first-order valence-electron chi connectivity index (χ1n) is 8.99. The quantitative estimate of drug-likeness (QED) is 0.775. The maximum atomic E-state index is 13.0. The second-order valence-electron chi connectivity index (χ2n) is 6.89. The van der Waals surface area contributed by atoms with E-state index >= 15 is 0 Å². The van der Waals surface area contributed by atoms with Gasteiger partial charge in [0.15, 0.2) is 0 Å². The molecule has 0 atom stereocenters. The largest absolute Gasteiger partial charge is 0.296 e. The van der Waals surface area contributed by atoms with Crippen LogP contribution in [-0.2, 0) is 30.2 Å². The molecule has 1 fully saturated rings. The molecule has 0 aromatic carbocycles. The SMILES string of the molecule is CCn1cc(S(=O)(=O)N2CCN(Cc3c(C)nn(C)c3C)CC2)c(C)n1. The maximum absolute atomic E-state index is 13.0. The summed E-state index contributed by atoms with van der Waals surface area (Å²) in [7, 11) is -1.53. The monoisotopic (exact) mass is 380 g/mol. The van der Waals surface area contributed by atoms with Crippen molar-refractivity contribution < 1.29 is 8.42 Å². The summed E-state index contributed by atoms with van der Waals surface area (Å²) in [4.78, 5) is 2.62. The smallest absolute Gasteiger partial charge is 0.246 e. The molecule has 1 aliphatic rings. The molecule has 0 aliphatic carbocycles. The molecule has 0 amide bonds. The third-order valence-electron chi connectivity index (χ3n) is 5.21. The lowest BCUT2D eigenvalue weighted by atomic mass is 10.1. The molecule has 144 valence electrons. The van der Waals surface area contributed by atoms with Crippen molar-refractivity contribution in [1.29, 1.82) is 0 Å². The van der Waals surface area contributed by atoms with E-state index in [1.807, 2.05) is 25.6 Å². The molecule has 0 saturated carbocycles. The number of aryl methyl sites for hydroxylation is 4.